The molecule has 0 unspecified atom stereocenters. The van der Waals surface area contributed by atoms with Crippen LogP contribution in [0.2, 0.25) is 0 Å². The Morgan fingerprint density at radius 1 is 1.31 bits per heavy atom. The van der Waals surface area contributed by atoms with Crippen LogP contribution in [0.25, 0.3) is 0 Å². The zero-order chi connectivity index (χ0) is 9.26. The van der Waals surface area contributed by atoms with E-state index in [2.05, 4.69) is 6.07 Å². The average Bonchev–Trinajstić information content (AvgIpc) is 2.29. The van der Waals surface area contributed by atoms with Crippen LogP contribution in [0.3, 0.4) is 0 Å². The van der Waals surface area contributed by atoms with Gasteiger partial charge in [-0.2, -0.15) is 0 Å². The first-order valence-electron chi connectivity index (χ1n) is 4.31. The van der Waals surface area contributed by atoms with Gasteiger partial charge in [0.1, 0.15) is 0 Å². The molecule has 2 heteroatoms. The molecule has 1 aromatic rings. The predicted molar refractivity (Wildman–Crippen MR) is 52.7 cm³/mol. The summed E-state index contributed by atoms with van der Waals surface area (Å²) < 4.78 is 0. The number of carbonyl (C=O) groups is 1. The Balaban J connectivity index is 2.52. The molecule has 1 aliphatic rings. The maximum atomic E-state index is 11.4. The second-order valence-electron chi connectivity index (χ2n) is 3.13. The number of anilines is 1. The minimum Gasteiger partial charge on any atom is -0.312 e. The summed E-state index contributed by atoms with van der Waals surface area (Å²) >= 11 is 0. The Kier molecular flexibility index (Phi) is 1.89. The lowest BCUT2D eigenvalue weighted by molar-refractivity contribution is -0.113. The van der Waals surface area contributed by atoms with E-state index in [1.807, 2.05) is 24.3 Å². The molecule has 2 rings (SSSR count). The summed E-state index contributed by atoms with van der Waals surface area (Å²) in [5.41, 5.74) is 2.21. The minimum absolute atomic E-state index is 0.0463. The van der Waals surface area contributed by atoms with Gasteiger partial charge in [-0.1, -0.05) is 24.3 Å². The molecule has 13 heavy (non-hydrogen) atoms. The van der Waals surface area contributed by atoms with E-state index in [-0.39, 0.29) is 5.91 Å². The molecule has 0 spiro atoms. The first-order chi connectivity index (χ1) is 6.29. The van der Waals surface area contributed by atoms with Crippen molar-refractivity contribution in [2.45, 2.75) is 6.42 Å². The van der Waals surface area contributed by atoms with Gasteiger partial charge in [-0.25, -0.2) is 0 Å². The molecule has 0 radical (unpaired) electrons. The Bertz CT molecular complexity index is 368. The van der Waals surface area contributed by atoms with Gasteiger partial charge in [0.15, 0.2) is 0 Å². The van der Waals surface area contributed by atoms with Crippen LogP contribution in [0.4, 0.5) is 5.69 Å². The molecule has 1 aromatic carbocycles. The number of likely N-dealkylation sites (N-methyl/N-ethyl adjacent to an activating group) is 1. The predicted octanol–water partition coefficient (Wildman–Crippen LogP) is 1.76. The molecule has 0 aliphatic carbocycles. The third-order valence-corrected chi connectivity index (χ3v) is 2.28. The third kappa shape index (κ3) is 1.35. The Morgan fingerprint density at radius 2 is 2.08 bits per heavy atom. The Labute approximate surface area is 77.5 Å². The summed E-state index contributed by atoms with van der Waals surface area (Å²) in [6, 6.07) is 7.97. The summed E-state index contributed by atoms with van der Waals surface area (Å²) in [7, 11) is 1.80. The van der Waals surface area contributed by atoms with Crippen LogP contribution >= 0.6 is 0 Å². The van der Waals surface area contributed by atoms with Crippen molar-refractivity contribution in [3.8, 4) is 0 Å². The van der Waals surface area contributed by atoms with Gasteiger partial charge >= 0.3 is 0 Å². The van der Waals surface area contributed by atoms with Crippen molar-refractivity contribution in [3.05, 3.63) is 42.0 Å². The number of rotatable bonds is 0. The van der Waals surface area contributed by atoms with Crippen LogP contribution in [0.15, 0.2) is 36.4 Å². The summed E-state index contributed by atoms with van der Waals surface area (Å²) in [6.07, 6.45) is 4.37. The van der Waals surface area contributed by atoms with Gasteiger partial charge < -0.3 is 4.90 Å². The standard InChI is InChI=1S/C11H11NO/c1-12-10-7-3-2-5-9(10)6-4-8-11(12)13/h2-5,7-8H,6H2,1H3. The van der Waals surface area contributed by atoms with Gasteiger partial charge in [0.05, 0.1) is 0 Å². The first-order valence-corrected chi connectivity index (χ1v) is 4.31. The normalized spacial score (nSPS) is 15.5. The number of amides is 1. The van der Waals surface area contributed by atoms with E-state index in [4.69, 9.17) is 0 Å². The zero-order valence-electron chi connectivity index (χ0n) is 7.53. The van der Waals surface area contributed by atoms with Crippen molar-refractivity contribution in [1.29, 1.82) is 0 Å². The number of nitrogens with zero attached hydrogens (tertiary/aromatic N) is 1. The van der Waals surface area contributed by atoms with Crippen molar-refractivity contribution in [2.75, 3.05) is 11.9 Å². The maximum absolute atomic E-state index is 11.4. The second-order valence-corrected chi connectivity index (χ2v) is 3.13. The van der Waals surface area contributed by atoms with E-state index in [9.17, 15) is 4.79 Å². The van der Waals surface area contributed by atoms with Crippen molar-refractivity contribution in [1.82, 2.24) is 0 Å². The van der Waals surface area contributed by atoms with Crippen molar-refractivity contribution in [3.63, 3.8) is 0 Å². The smallest absolute Gasteiger partial charge is 0.250 e. The summed E-state index contributed by atoms with van der Waals surface area (Å²) in [5.74, 6) is 0.0463. The Morgan fingerprint density at radius 3 is 2.92 bits per heavy atom. The van der Waals surface area contributed by atoms with Gasteiger partial charge in [0.25, 0.3) is 0 Å². The second kappa shape index (κ2) is 3.05. The number of hydrogen-bond donors (Lipinski definition) is 0. The molecule has 1 amide bonds. The highest BCUT2D eigenvalue weighted by Crippen LogP contribution is 2.22. The molecule has 0 aromatic heterocycles. The first kappa shape index (κ1) is 8.05. The fourth-order valence-corrected chi connectivity index (χ4v) is 1.53. The van der Waals surface area contributed by atoms with E-state index in [1.165, 1.54) is 5.56 Å². The van der Waals surface area contributed by atoms with E-state index in [0.717, 1.165) is 12.1 Å². The van der Waals surface area contributed by atoms with Crippen LogP contribution in [0.5, 0.6) is 0 Å². The quantitative estimate of drug-likeness (QED) is 0.585. The minimum atomic E-state index is 0.0463. The molecule has 0 saturated carbocycles. The topological polar surface area (TPSA) is 20.3 Å². The fraction of sp³-hybridized carbons (Fsp3) is 0.182. The van der Waals surface area contributed by atoms with Gasteiger partial charge in [0, 0.05) is 12.7 Å². The number of allylic oxidation sites excluding steroid dienone is 1. The SMILES string of the molecule is CN1C(=O)C=CCc2ccccc21. The van der Waals surface area contributed by atoms with Crippen molar-refractivity contribution < 1.29 is 4.79 Å². The van der Waals surface area contributed by atoms with E-state index in [0.29, 0.717) is 0 Å². The molecule has 2 nitrogen and oxygen atoms in total. The van der Waals surface area contributed by atoms with Gasteiger partial charge in [-0.3, -0.25) is 4.79 Å². The zero-order valence-corrected chi connectivity index (χ0v) is 7.53. The highest BCUT2D eigenvalue weighted by atomic mass is 16.2. The maximum Gasteiger partial charge on any atom is 0.250 e. The van der Waals surface area contributed by atoms with Crippen LogP contribution in [-0.2, 0) is 11.2 Å². The lowest BCUT2D eigenvalue weighted by Crippen LogP contribution is -2.23. The molecule has 0 atom stereocenters. The molecule has 1 aliphatic heterocycles. The number of hydrogen-bond acceptors (Lipinski definition) is 1. The highest BCUT2D eigenvalue weighted by molar-refractivity contribution is 6.02. The number of carbonyl (C=O) groups excluding carboxylic acids is 1. The molecule has 0 N–H and O–H groups in total. The summed E-state index contributed by atoms with van der Waals surface area (Å²) in [5, 5.41) is 0. The molecular formula is C11H11NO. The lowest BCUT2D eigenvalue weighted by Gasteiger charge is -2.16. The van der Waals surface area contributed by atoms with Crippen molar-refractivity contribution in [2.24, 2.45) is 0 Å². The third-order valence-electron chi connectivity index (χ3n) is 2.28. The monoisotopic (exact) mass is 173 g/mol. The number of para-hydroxylation sites is 1. The van der Waals surface area contributed by atoms with Crippen molar-refractivity contribution >= 4 is 11.6 Å². The van der Waals surface area contributed by atoms with E-state index < -0.39 is 0 Å². The summed E-state index contributed by atoms with van der Waals surface area (Å²) in [4.78, 5) is 13.1. The molecular weight excluding hydrogens is 162 g/mol. The molecule has 66 valence electrons. The van der Waals surface area contributed by atoms with Crippen LogP contribution in [0, 0.1) is 0 Å². The lowest BCUT2D eigenvalue weighted by atomic mass is 10.1. The van der Waals surface area contributed by atoms with Crippen LogP contribution in [0.1, 0.15) is 5.56 Å². The molecule has 1 heterocycles. The van der Waals surface area contributed by atoms with Gasteiger partial charge in [-0.05, 0) is 24.1 Å². The Hall–Kier alpha value is -1.57. The van der Waals surface area contributed by atoms with E-state index in [1.54, 1.807) is 18.0 Å². The number of fused-ring (bicyclic) bond motifs is 1. The van der Waals surface area contributed by atoms with E-state index >= 15 is 0 Å². The largest absolute Gasteiger partial charge is 0.312 e. The van der Waals surface area contributed by atoms with Gasteiger partial charge in [0.2, 0.25) is 5.91 Å². The molecule has 0 bridgehead atoms. The fourth-order valence-electron chi connectivity index (χ4n) is 1.53. The average molecular weight is 173 g/mol. The van der Waals surface area contributed by atoms with Crippen LogP contribution in [-0.4, -0.2) is 13.0 Å². The van der Waals surface area contributed by atoms with Crippen LogP contribution < -0.4 is 4.90 Å². The highest BCUT2D eigenvalue weighted by Gasteiger charge is 2.13. The molecule has 0 fully saturated rings. The molecule has 0 saturated heterocycles. The summed E-state index contributed by atoms with van der Waals surface area (Å²) in [6.45, 7) is 0. The van der Waals surface area contributed by atoms with Gasteiger partial charge in [-0.15, -0.1) is 0 Å². The number of benzene rings is 1.